The Morgan fingerprint density at radius 2 is 2.04 bits per heavy atom. The number of anilines is 1. The second kappa shape index (κ2) is 5.86. The molecule has 1 N–H and O–H groups in total. The number of thiophene rings is 1. The standard InChI is InChI=1S/C17H15N3OS2/c1-11-15-16(13-8-5-9-22-13)23-10-14(21)18-17(15)20(19-11)12-6-3-2-4-7-12/h2-9,16H,10H2,1H3,(H,18,21)/t16-/m0/s1. The lowest BCUT2D eigenvalue weighted by atomic mass is 10.1. The molecule has 1 aliphatic heterocycles. The maximum Gasteiger partial charge on any atom is 0.235 e. The number of fused-ring (bicyclic) bond motifs is 1. The Morgan fingerprint density at radius 1 is 1.22 bits per heavy atom. The molecule has 3 heterocycles. The van der Waals surface area contributed by atoms with Gasteiger partial charge in [-0.25, -0.2) is 4.68 Å². The van der Waals surface area contributed by atoms with E-state index in [0.717, 1.165) is 22.8 Å². The molecule has 4 rings (SSSR count). The molecule has 23 heavy (non-hydrogen) atoms. The van der Waals surface area contributed by atoms with Crippen LogP contribution in [0.4, 0.5) is 5.82 Å². The molecule has 0 fully saturated rings. The molecule has 6 heteroatoms. The molecule has 0 aliphatic carbocycles. The molecule has 116 valence electrons. The number of carbonyl (C=O) groups is 1. The number of amides is 1. The van der Waals surface area contributed by atoms with E-state index in [0.29, 0.717) is 5.75 Å². The highest BCUT2D eigenvalue weighted by atomic mass is 32.2. The molecule has 1 aromatic carbocycles. The van der Waals surface area contributed by atoms with Crippen LogP contribution >= 0.6 is 23.1 Å². The molecule has 0 spiro atoms. The molecule has 0 saturated heterocycles. The highest BCUT2D eigenvalue weighted by molar-refractivity contribution is 8.00. The molecule has 4 nitrogen and oxygen atoms in total. The summed E-state index contributed by atoms with van der Waals surface area (Å²) in [6.07, 6.45) is 0. The lowest BCUT2D eigenvalue weighted by molar-refractivity contribution is -0.113. The van der Waals surface area contributed by atoms with Crippen molar-refractivity contribution in [3.8, 4) is 5.69 Å². The van der Waals surface area contributed by atoms with Crippen LogP contribution in [0.1, 0.15) is 21.4 Å². The number of nitrogens with one attached hydrogen (secondary N) is 1. The van der Waals surface area contributed by atoms with Crippen molar-refractivity contribution in [2.75, 3.05) is 11.1 Å². The van der Waals surface area contributed by atoms with Gasteiger partial charge in [-0.1, -0.05) is 24.3 Å². The Hall–Kier alpha value is -2.05. The van der Waals surface area contributed by atoms with Gasteiger partial charge < -0.3 is 5.32 Å². The third-order valence-corrected chi connectivity index (χ3v) is 6.15. The quantitative estimate of drug-likeness (QED) is 0.766. The second-order valence-electron chi connectivity index (χ2n) is 5.35. The van der Waals surface area contributed by atoms with Gasteiger partial charge in [-0.05, 0) is 30.5 Å². The summed E-state index contributed by atoms with van der Waals surface area (Å²) in [5.74, 6) is 1.26. The number of aryl methyl sites for hydroxylation is 1. The summed E-state index contributed by atoms with van der Waals surface area (Å²) in [5, 5.41) is 9.96. The number of nitrogens with zero attached hydrogens (tertiary/aromatic N) is 2. The van der Waals surface area contributed by atoms with Crippen molar-refractivity contribution in [3.63, 3.8) is 0 Å². The minimum atomic E-state index is 0.0207. The Morgan fingerprint density at radius 3 is 2.78 bits per heavy atom. The van der Waals surface area contributed by atoms with Crippen LogP contribution in [0.3, 0.4) is 0 Å². The van der Waals surface area contributed by atoms with Gasteiger partial charge in [-0.2, -0.15) is 5.10 Å². The minimum absolute atomic E-state index is 0.0207. The fourth-order valence-electron chi connectivity index (χ4n) is 2.80. The first-order chi connectivity index (χ1) is 11.2. The number of benzene rings is 1. The highest BCUT2D eigenvalue weighted by Gasteiger charge is 2.30. The first-order valence-corrected chi connectivity index (χ1v) is 9.26. The molecule has 3 aromatic rings. The van der Waals surface area contributed by atoms with E-state index < -0.39 is 0 Å². The van der Waals surface area contributed by atoms with E-state index in [1.807, 2.05) is 41.9 Å². The van der Waals surface area contributed by atoms with Crippen molar-refractivity contribution >= 4 is 34.8 Å². The third kappa shape index (κ3) is 2.58. The Kier molecular flexibility index (Phi) is 3.71. The maximum atomic E-state index is 12.2. The molecule has 0 unspecified atom stereocenters. The van der Waals surface area contributed by atoms with Crippen molar-refractivity contribution in [1.29, 1.82) is 0 Å². The molecule has 2 aromatic heterocycles. The van der Waals surface area contributed by atoms with Crippen molar-refractivity contribution < 1.29 is 4.79 Å². The molecule has 1 aliphatic rings. The first-order valence-electron chi connectivity index (χ1n) is 7.34. The highest BCUT2D eigenvalue weighted by Crippen LogP contribution is 2.45. The fourth-order valence-corrected chi connectivity index (χ4v) is 4.97. The van der Waals surface area contributed by atoms with E-state index in [4.69, 9.17) is 5.10 Å². The van der Waals surface area contributed by atoms with Gasteiger partial charge in [-0.3, -0.25) is 4.79 Å². The number of hydrogen-bond acceptors (Lipinski definition) is 4. The average molecular weight is 341 g/mol. The Bertz CT molecular complexity index is 840. The van der Waals surface area contributed by atoms with Gasteiger partial charge in [0.05, 0.1) is 22.4 Å². The summed E-state index contributed by atoms with van der Waals surface area (Å²) in [6, 6.07) is 14.1. The van der Waals surface area contributed by atoms with Crippen molar-refractivity contribution in [3.05, 3.63) is 64.0 Å². The monoisotopic (exact) mass is 341 g/mol. The number of thioether (sulfide) groups is 1. The molecule has 0 saturated carbocycles. The van der Waals surface area contributed by atoms with Crippen molar-refractivity contribution in [2.45, 2.75) is 12.2 Å². The first kappa shape index (κ1) is 14.5. The fraction of sp³-hybridized carbons (Fsp3) is 0.176. The summed E-state index contributed by atoms with van der Waals surface area (Å²) >= 11 is 3.38. The molecule has 0 radical (unpaired) electrons. The van der Waals surface area contributed by atoms with Crippen molar-refractivity contribution in [2.24, 2.45) is 0 Å². The summed E-state index contributed by atoms with van der Waals surface area (Å²) in [6.45, 7) is 2.01. The normalized spacial score (nSPS) is 17.4. The van der Waals surface area contributed by atoms with Gasteiger partial charge in [0, 0.05) is 10.4 Å². The van der Waals surface area contributed by atoms with Crippen LogP contribution in [0, 0.1) is 6.92 Å². The Balaban J connectivity index is 1.91. The van der Waals surface area contributed by atoms with Crippen LogP contribution in [-0.2, 0) is 4.79 Å². The van der Waals surface area contributed by atoms with Crippen LogP contribution in [0.2, 0.25) is 0 Å². The summed E-state index contributed by atoms with van der Waals surface area (Å²) in [7, 11) is 0. The zero-order valence-corrected chi connectivity index (χ0v) is 14.2. The average Bonchev–Trinajstić information content (AvgIpc) is 3.15. The van der Waals surface area contributed by atoms with Crippen LogP contribution < -0.4 is 5.32 Å². The predicted molar refractivity (Wildman–Crippen MR) is 95.6 cm³/mol. The minimum Gasteiger partial charge on any atom is -0.310 e. The Labute approximate surface area is 142 Å². The molecule has 1 amide bonds. The lowest BCUT2D eigenvalue weighted by Gasteiger charge is -2.13. The summed E-state index contributed by atoms with van der Waals surface area (Å²) in [5.41, 5.74) is 3.01. The van der Waals surface area contributed by atoms with Crippen LogP contribution in [-0.4, -0.2) is 21.4 Å². The number of para-hydroxylation sites is 1. The van der Waals surface area contributed by atoms with Gasteiger partial charge in [-0.15, -0.1) is 23.1 Å². The lowest BCUT2D eigenvalue weighted by Crippen LogP contribution is -2.15. The van der Waals surface area contributed by atoms with E-state index >= 15 is 0 Å². The van der Waals surface area contributed by atoms with E-state index in [2.05, 4.69) is 22.8 Å². The number of hydrogen-bond donors (Lipinski definition) is 1. The maximum absolute atomic E-state index is 12.2. The number of aromatic nitrogens is 2. The summed E-state index contributed by atoms with van der Waals surface area (Å²) < 4.78 is 1.84. The molecular weight excluding hydrogens is 326 g/mol. The van der Waals surface area contributed by atoms with E-state index in [1.165, 1.54) is 4.88 Å². The smallest absolute Gasteiger partial charge is 0.235 e. The summed E-state index contributed by atoms with van der Waals surface area (Å²) in [4.78, 5) is 13.4. The number of carbonyl (C=O) groups excluding carboxylic acids is 1. The predicted octanol–water partition coefficient (Wildman–Crippen LogP) is 4.02. The SMILES string of the molecule is Cc1nn(-c2ccccc2)c2c1[C@H](c1cccs1)SCC(=O)N2. The zero-order chi connectivity index (χ0) is 15.8. The van der Waals surface area contributed by atoms with Crippen LogP contribution in [0.25, 0.3) is 5.69 Å². The third-order valence-electron chi connectivity index (χ3n) is 3.81. The topological polar surface area (TPSA) is 46.9 Å². The second-order valence-corrected chi connectivity index (χ2v) is 7.42. The van der Waals surface area contributed by atoms with Gasteiger partial charge in [0.25, 0.3) is 0 Å². The van der Waals surface area contributed by atoms with E-state index in [1.54, 1.807) is 23.1 Å². The van der Waals surface area contributed by atoms with E-state index in [9.17, 15) is 4.79 Å². The van der Waals surface area contributed by atoms with Crippen LogP contribution in [0.15, 0.2) is 47.8 Å². The molecule has 0 bridgehead atoms. The van der Waals surface area contributed by atoms with E-state index in [-0.39, 0.29) is 11.2 Å². The zero-order valence-electron chi connectivity index (χ0n) is 12.5. The molecular formula is C17H15N3OS2. The van der Waals surface area contributed by atoms with Gasteiger partial charge in [0.2, 0.25) is 5.91 Å². The molecule has 1 atom stereocenters. The van der Waals surface area contributed by atoms with Gasteiger partial charge in [0.15, 0.2) is 0 Å². The van der Waals surface area contributed by atoms with Gasteiger partial charge >= 0.3 is 0 Å². The number of rotatable bonds is 2. The largest absolute Gasteiger partial charge is 0.310 e. The van der Waals surface area contributed by atoms with Crippen LogP contribution in [0.5, 0.6) is 0 Å². The van der Waals surface area contributed by atoms with Gasteiger partial charge in [0.1, 0.15) is 5.82 Å². The van der Waals surface area contributed by atoms with Crippen molar-refractivity contribution in [1.82, 2.24) is 9.78 Å².